The van der Waals surface area contributed by atoms with Crippen LogP contribution in [0.4, 0.5) is 4.39 Å². The summed E-state index contributed by atoms with van der Waals surface area (Å²) in [5.41, 5.74) is 1.79. The number of H-pyrrole nitrogens is 1. The van der Waals surface area contributed by atoms with Crippen molar-refractivity contribution >= 4 is 22.8 Å². The average Bonchev–Trinajstić information content (AvgIpc) is 3.09. The molecule has 0 saturated heterocycles. The first-order valence-electron chi connectivity index (χ1n) is 8.14. The molecule has 0 radical (unpaired) electrons. The van der Waals surface area contributed by atoms with Gasteiger partial charge in [-0.05, 0) is 43.7 Å². The molecule has 1 heterocycles. The second kappa shape index (κ2) is 7.35. The van der Waals surface area contributed by atoms with Crippen molar-refractivity contribution in [1.29, 1.82) is 0 Å². The van der Waals surface area contributed by atoms with E-state index in [-0.39, 0.29) is 11.9 Å². The Bertz CT molecular complexity index is 937. The molecule has 0 saturated carbocycles. The van der Waals surface area contributed by atoms with Crippen molar-refractivity contribution in [2.24, 2.45) is 0 Å². The number of aromatic amines is 1. The van der Waals surface area contributed by atoms with Crippen LogP contribution >= 0.6 is 0 Å². The third kappa shape index (κ3) is 3.88. The molecule has 2 N–H and O–H groups in total. The van der Waals surface area contributed by atoms with Crippen molar-refractivity contribution in [3.8, 4) is 0 Å². The largest absolute Gasteiger partial charge is 0.449 e. The lowest BCUT2D eigenvalue weighted by molar-refractivity contribution is -0.129. The van der Waals surface area contributed by atoms with Crippen LogP contribution in [0, 0.1) is 5.82 Å². The highest BCUT2D eigenvalue weighted by atomic mass is 19.1. The highest BCUT2D eigenvalue weighted by molar-refractivity contribution is 5.95. The number of amides is 1. The molecule has 0 aliphatic carbocycles. The molecule has 26 heavy (non-hydrogen) atoms. The zero-order valence-corrected chi connectivity index (χ0v) is 14.3. The van der Waals surface area contributed by atoms with Crippen LogP contribution in [0.1, 0.15) is 35.8 Å². The Hall–Kier alpha value is -3.22. The van der Waals surface area contributed by atoms with Gasteiger partial charge in [0.15, 0.2) is 6.10 Å². The zero-order chi connectivity index (χ0) is 18.7. The number of aromatic nitrogens is 2. The maximum absolute atomic E-state index is 13.0. The summed E-state index contributed by atoms with van der Waals surface area (Å²) in [5.74, 6) is -1.37. The van der Waals surface area contributed by atoms with Gasteiger partial charge in [0.05, 0.1) is 23.3 Å². The number of esters is 1. The number of benzene rings is 2. The van der Waals surface area contributed by atoms with Gasteiger partial charge in [0, 0.05) is 5.39 Å². The maximum atomic E-state index is 13.0. The summed E-state index contributed by atoms with van der Waals surface area (Å²) in [7, 11) is 0. The first-order chi connectivity index (χ1) is 12.4. The van der Waals surface area contributed by atoms with E-state index in [0.717, 1.165) is 10.9 Å². The zero-order valence-electron chi connectivity index (χ0n) is 14.3. The number of nitrogens with one attached hydrogen (secondary N) is 2. The second-order valence-electron chi connectivity index (χ2n) is 6.00. The monoisotopic (exact) mass is 355 g/mol. The van der Waals surface area contributed by atoms with Gasteiger partial charge in [0.2, 0.25) is 0 Å². The fourth-order valence-electron chi connectivity index (χ4n) is 2.51. The van der Waals surface area contributed by atoms with E-state index in [1.54, 1.807) is 43.5 Å². The summed E-state index contributed by atoms with van der Waals surface area (Å²) < 4.78 is 18.2. The summed E-state index contributed by atoms with van der Waals surface area (Å²) >= 11 is 0. The Labute approximate surface area is 149 Å². The first-order valence-corrected chi connectivity index (χ1v) is 8.14. The normalized spacial score (nSPS) is 13.2. The molecule has 0 fully saturated rings. The molecule has 0 unspecified atom stereocenters. The van der Waals surface area contributed by atoms with E-state index in [9.17, 15) is 14.0 Å². The Morgan fingerprint density at radius 2 is 1.88 bits per heavy atom. The van der Waals surface area contributed by atoms with Gasteiger partial charge in [-0.3, -0.25) is 9.89 Å². The molecule has 2 aromatic carbocycles. The van der Waals surface area contributed by atoms with E-state index in [4.69, 9.17) is 4.74 Å². The Kier molecular flexibility index (Phi) is 4.97. The van der Waals surface area contributed by atoms with E-state index in [1.165, 1.54) is 19.1 Å². The highest BCUT2D eigenvalue weighted by Crippen LogP contribution is 2.15. The minimum Gasteiger partial charge on any atom is -0.449 e. The van der Waals surface area contributed by atoms with Gasteiger partial charge in [0.1, 0.15) is 5.82 Å². The van der Waals surface area contributed by atoms with Crippen LogP contribution in [0.25, 0.3) is 10.9 Å². The van der Waals surface area contributed by atoms with Crippen LogP contribution in [0.15, 0.2) is 48.7 Å². The number of rotatable bonds is 5. The fraction of sp³-hybridized carbons (Fsp3) is 0.211. The van der Waals surface area contributed by atoms with E-state index >= 15 is 0 Å². The minimum absolute atomic E-state index is 0.327. The summed E-state index contributed by atoms with van der Waals surface area (Å²) in [6, 6.07) is 10.5. The van der Waals surface area contributed by atoms with E-state index < -0.39 is 18.0 Å². The molecule has 0 aliphatic heterocycles. The quantitative estimate of drug-likeness (QED) is 0.689. The number of ether oxygens (including phenoxy) is 1. The molecule has 1 aromatic heterocycles. The molecule has 0 bridgehead atoms. The van der Waals surface area contributed by atoms with Crippen LogP contribution in [-0.2, 0) is 9.53 Å². The molecule has 134 valence electrons. The lowest BCUT2D eigenvalue weighted by Gasteiger charge is -2.18. The van der Waals surface area contributed by atoms with Gasteiger partial charge in [0.25, 0.3) is 5.91 Å². The maximum Gasteiger partial charge on any atom is 0.338 e. The molecule has 0 spiro atoms. The first kappa shape index (κ1) is 17.6. The third-order valence-corrected chi connectivity index (χ3v) is 4.06. The lowest BCUT2D eigenvalue weighted by Crippen LogP contribution is -2.37. The molecule has 0 aliphatic rings. The molecule has 7 heteroatoms. The summed E-state index contributed by atoms with van der Waals surface area (Å²) in [5, 5.41) is 10.3. The lowest BCUT2D eigenvalue weighted by atomic mass is 10.1. The van der Waals surface area contributed by atoms with E-state index in [0.29, 0.717) is 11.1 Å². The average molecular weight is 355 g/mol. The van der Waals surface area contributed by atoms with Crippen molar-refractivity contribution in [3.05, 3.63) is 65.6 Å². The van der Waals surface area contributed by atoms with Crippen molar-refractivity contribution in [3.63, 3.8) is 0 Å². The number of hydrogen-bond donors (Lipinski definition) is 2. The van der Waals surface area contributed by atoms with Gasteiger partial charge in [-0.15, -0.1) is 0 Å². The highest BCUT2D eigenvalue weighted by Gasteiger charge is 2.21. The summed E-state index contributed by atoms with van der Waals surface area (Å²) in [4.78, 5) is 24.5. The van der Waals surface area contributed by atoms with Crippen LogP contribution < -0.4 is 5.32 Å². The molecule has 1 amide bonds. The van der Waals surface area contributed by atoms with Gasteiger partial charge in [-0.2, -0.15) is 5.10 Å². The topological polar surface area (TPSA) is 84.1 Å². The van der Waals surface area contributed by atoms with Gasteiger partial charge in [-0.1, -0.05) is 18.2 Å². The molecule has 3 aromatic rings. The second-order valence-corrected chi connectivity index (χ2v) is 6.00. The third-order valence-electron chi connectivity index (χ3n) is 4.06. The van der Waals surface area contributed by atoms with Crippen molar-refractivity contribution in [2.75, 3.05) is 0 Å². The number of halogens is 1. The van der Waals surface area contributed by atoms with Gasteiger partial charge >= 0.3 is 5.97 Å². The number of fused-ring (bicyclic) bond motifs is 1. The minimum atomic E-state index is -0.970. The molecule has 2 atom stereocenters. The van der Waals surface area contributed by atoms with Crippen molar-refractivity contribution in [2.45, 2.75) is 26.0 Å². The van der Waals surface area contributed by atoms with Crippen molar-refractivity contribution < 1.29 is 18.7 Å². The summed E-state index contributed by atoms with van der Waals surface area (Å²) in [6.07, 6.45) is 0.681. The number of hydrogen-bond acceptors (Lipinski definition) is 4. The van der Waals surface area contributed by atoms with Crippen LogP contribution in [-0.4, -0.2) is 28.2 Å². The Balaban J connectivity index is 1.60. The number of carbonyl (C=O) groups is 2. The predicted octanol–water partition coefficient (Wildman–Crippen LogP) is 3.12. The van der Waals surface area contributed by atoms with E-state index in [2.05, 4.69) is 15.5 Å². The molecular formula is C19H18FN3O3. The SMILES string of the molecule is C[C@H](OC(=O)c1ccc2cn[nH]c2c1)C(=O)N[C@H](C)c1ccc(F)cc1. The Morgan fingerprint density at radius 3 is 2.62 bits per heavy atom. The molecule has 3 rings (SSSR count). The fourth-order valence-corrected chi connectivity index (χ4v) is 2.51. The van der Waals surface area contributed by atoms with Crippen molar-refractivity contribution in [1.82, 2.24) is 15.5 Å². The predicted molar refractivity (Wildman–Crippen MR) is 93.9 cm³/mol. The van der Waals surface area contributed by atoms with Gasteiger partial charge in [-0.25, -0.2) is 9.18 Å². The number of nitrogens with zero attached hydrogens (tertiary/aromatic N) is 1. The van der Waals surface area contributed by atoms with Crippen LogP contribution in [0.3, 0.4) is 0 Å². The number of carbonyl (C=O) groups excluding carboxylic acids is 2. The van der Waals surface area contributed by atoms with E-state index in [1.807, 2.05) is 0 Å². The summed E-state index contributed by atoms with van der Waals surface area (Å²) in [6.45, 7) is 3.27. The van der Waals surface area contributed by atoms with Gasteiger partial charge < -0.3 is 10.1 Å². The molecule has 6 nitrogen and oxygen atoms in total. The Morgan fingerprint density at radius 1 is 1.15 bits per heavy atom. The van der Waals surface area contributed by atoms with Crippen LogP contribution in [0.2, 0.25) is 0 Å². The molecular weight excluding hydrogens is 337 g/mol. The smallest absolute Gasteiger partial charge is 0.338 e. The standard InChI is InChI=1S/C19H18FN3O3/c1-11(13-5-7-16(20)8-6-13)22-18(24)12(2)26-19(25)14-3-4-15-10-21-23-17(15)9-14/h3-12H,1-2H3,(H,21,23)(H,22,24)/t11-,12+/m1/s1. The van der Waals surface area contributed by atoms with Crippen LogP contribution in [0.5, 0.6) is 0 Å².